The van der Waals surface area contributed by atoms with E-state index in [1.165, 1.54) is 24.3 Å². The monoisotopic (exact) mass is 403 g/mol. The summed E-state index contributed by atoms with van der Waals surface area (Å²) in [5, 5.41) is 0. The third-order valence-electron chi connectivity index (χ3n) is 5.27. The fourth-order valence-corrected chi connectivity index (χ4v) is 5.29. The lowest BCUT2D eigenvalue weighted by Gasteiger charge is -2.35. The second-order valence-electron chi connectivity index (χ2n) is 6.95. The van der Waals surface area contributed by atoms with Crippen LogP contribution in [0.1, 0.15) is 12.8 Å². The Bertz CT molecular complexity index is 923. The third-order valence-corrected chi connectivity index (χ3v) is 7.20. The van der Waals surface area contributed by atoms with Gasteiger partial charge in [0.1, 0.15) is 16.5 Å². The molecule has 2 aliphatic heterocycles. The van der Waals surface area contributed by atoms with Gasteiger partial charge >= 0.3 is 0 Å². The number of methoxy groups -OCH3 is 1. The molecule has 9 heteroatoms. The summed E-state index contributed by atoms with van der Waals surface area (Å²) in [7, 11) is -2.11. The molecule has 1 aromatic carbocycles. The molecule has 0 saturated carbocycles. The summed E-state index contributed by atoms with van der Waals surface area (Å²) < 4.78 is 32.8. The van der Waals surface area contributed by atoms with E-state index in [1.807, 2.05) is 6.07 Å². The number of hydrogen-bond acceptors (Lipinski definition) is 7. The minimum absolute atomic E-state index is 0.212. The highest BCUT2D eigenvalue weighted by Crippen LogP contribution is 2.27. The van der Waals surface area contributed by atoms with Crippen molar-refractivity contribution in [2.24, 2.45) is 0 Å². The van der Waals surface area contributed by atoms with Crippen LogP contribution >= 0.6 is 0 Å². The summed E-state index contributed by atoms with van der Waals surface area (Å²) in [5.74, 6) is 1.99. The summed E-state index contributed by atoms with van der Waals surface area (Å²) in [4.78, 5) is 13.6. The Morgan fingerprint density at radius 1 is 0.929 bits per heavy atom. The summed E-state index contributed by atoms with van der Waals surface area (Å²) >= 11 is 0. The zero-order chi connectivity index (χ0) is 19.6. The van der Waals surface area contributed by atoms with Gasteiger partial charge < -0.3 is 14.5 Å². The molecule has 0 unspecified atom stereocenters. The number of sulfonamides is 1. The quantitative estimate of drug-likeness (QED) is 0.750. The molecule has 2 fully saturated rings. The highest BCUT2D eigenvalue weighted by Gasteiger charge is 2.31. The van der Waals surface area contributed by atoms with Crippen LogP contribution in [-0.2, 0) is 10.0 Å². The Morgan fingerprint density at radius 2 is 1.64 bits per heavy atom. The van der Waals surface area contributed by atoms with E-state index in [9.17, 15) is 8.42 Å². The number of benzene rings is 1. The third kappa shape index (κ3) is 3.64. The van der Waals surface area contributed by atoms with Crippen LogP contribution in [0.3, 0.4) is 0 Å². The van der Waals surface area contributed by atoms with Gasteiger partial charge in [-0.1, -0.05) is 12.1 Å². The van der Waals surface area contributed by atoms with Crippen LogP contribution < -0.4 is 14.5 Å². The van der Waals surface area contributed by atoms with Gasteiger partial charge in [-0.25, -0.2) is 13.4 Å². The predicted molar refractivity (Wildman–Crippen MR) is 107 cm³/mol. The Hall–Kier alpha value is -2.39. The van der Waals surface area contributed by atoms with E-state index in [-0.39, 0.29) is 4.90 Å². The van der Waals surface area contributed by atoms with Crippen LogP contribution in [0.4, 0.5) is 11.8 Å². The van der Waals surface area contributed by atoms with Gasteiger partial charge in [0.25, 0.3) is 0 Å². The van der Waals surface area contributed by atoms with Gasteiger partial charge in [-0.15, -0.1) is 0 Å². The number of piperazine rings is 1. The van der Waals surface area contributed by atoms with E-state index in [0.717, 1.165) is 24.9 Å². The molecule has 8 nitrogen and oxygen atoms in total. The fraction of sp³-hybridized carbons (Fsp3) is 0.474. The lowest BCUT2D eigenvalue weighted by molar-refractivity contribution is 0.373. The number of rotatable bonds is 5. The zero-order valence-corrected chi connectivity index (χ0v) is 16.8. The summed E-state index contributed by atoms with van der Waals surface area (Å²) in [6, 6.07) is 8.64. The molecular formula is C19H25N5O3S. The zero-order valence-electron chi connectivity index (χ0n) is 16.0. The van der Waals surface area contributed by atoms with E-state index in [2.05, 4.69) is 14.8 Å². The smallest absolute Gasteiger partial charge is 0.246 e. The first-order chi connectivity index (χ1) is 13.6. The Kier molecular flexibility index (Phi) is 5.36. The average Bonchev–Trinajstić information content (AvgIpc) is 3.29. The summed E-state index contributed by atoms with van der Waals surface area (Å²) in [5.41, 5.74) is 0. The highest BCUT2D eigenvalue weighted by atomic mass is 32.2. The molecule has 1 aromatic heterocycles. The fourth-order valence-electron chi connectivity index (χ4n) is 3.71. The molecule has 0 spiro atoms. The van der Waals surface area contributed by atoms with Gasteiger partial charge in [-0.2, -0.15) is 9.29 Å². The number of ether oxygens (including phenoxy) is 1. The van der Waals surface area contributed by atoms with Gasteiger partial charge in [0.15, 0.2) is 0 Å². The van der Waals surface area contributed by atoms with Crippen molar-refractivity contribution in [3.8, 4) is 5.75 Å². The van der Waals surface area contributed by atoms with Crippen LogP contribution in [0.15, 0.2) is 41.4 Å². The molecule has 2 saturated heterocycles. The van der Waals surface area contributed by atoms with Crippen LogP contribution in [0, 0.1) is 0 Å². The molecule has 2 aromatic rings. The standard InChI is InChI=1S/C19H25N5O3S/c1-27-16-6-2-3-7-17(16)28(25,26)24-14-12-22(13-15-24)18-8-9-20-19(21-18)23-10-4-5-11-23/h2-3,6-9H,4-5,10-15H2,1H3. The first-order valence-electron chi connectivity index (χ1n) is 9.56. The Balaban J connectivity index is 1.47. The normalized spacial score (nSPS) is 18.5. The maximum absolute atomic E-state index is 13.0. The molecule has 0 amide bonds. The van der Waals surface area contributed by atoms with E-state index in [0.29, 0.717) is 31.9 Å². The largest absolute Gasteiger partial charge is 0.495 e. The molecular weight excluding hydrogens is 378 g/mol. The van der Waals surface area contributed by atoms with Crippen molar-refractivity contribution >= 4 is 21.8 Å². The number of hydrogen-bond donors (Lipinski definition) is 0. The molecule has 28 heavy (non-hydrogen) atoms. The van der Waals surface area contributed by atoms with Crippen LogP contribution in [-0.4, -0.2) is 69.1 Å². The molecule has 0 atom stereocenters. The second kappa shape index (κ2) is 7.92. The maximum Gasteiger partial charge on any atom is 0.246 e. The van der Waals surface area contributed by atoms with E-state index >= 15 is 0 Å². The van der Waals surface area contributed by atoms with Gasteiger partial charge in [0.05, 0.1) is 7.11 Å². The predicted octanol–water partition coefficient (Wildman–Crippen LogP) is 1.60. The van der Waals surface area contributed by atoms with Crippen molar-refractivity contribution < 1.29 is 13.2 Å². The van der Waals surface area contributed by atoms with E-state index in [1.54, 1.807) is 30.5 Å². The average molecular weight is 404 g/mol. The van der Waals surface area contributed by atoms with E-state index < -0.39 is 10.0 Å². The highest BCUT2D eigenvalue weighted by molar-refractivity contribution is 7.89. The van der Waals surface area contributed by atoms with Crippen molar-refractivity contribution in [2.45, 2.75) is 17.7 Å². The van der Waals surface area contributed by atoms with Crippen molar-refractivity contribution in [3.63, 3.8) is 0 Å². The first kappa shape index (κ1) is 18.9. The lowest BCUT2D eigenvalue weighted by atomic mass is 10.3. The number of anilines is 2. The van der Waals surface area contributed by atoms with Crippen LogP contribution in [0.5, 0.6) is 5.75 Å². The maximum atomic E-state index is 13.0. The Labute approximate surface area is 165 Å². The van der Waals surface area contributed by atoms with E-state index in [4.69, 9.17) is 9.72 Å². The number of aromatic nitrogens is 2. The lowest BCUT2D eigenvalue weighted by Crippen LogP contribution is -2.49. The molecule has 150 valence electrons. The van der Waals surface area contributed by atoms with Crippen molar-refractivity contribution in [2.75, 3.05) is 56.2 Å². The molecule has 4 rings (SSSR count). The van der Waals surface area contributed by atoms with Gasteiger partial charge in [0, 0.05) is 45.5 Å². The van der Waals surface area contributed by atoms with Crippen LogP contribution in [0.2, 0.25) is 0 Å². The molecule has 0 aliphatic carbocycles. The summed E-state index contributed by atoms with van der Waals surface area (Å²) in [6.07, 6.45) is 4.13. The van der Waals surface area contributed by atoms with Gasteiger partial charge in [0.2, 0.25) is 16.0 Å². The van der Waals surface area contributed by atoms with Crippen molar-refractivity contribution in [1.82, 2.24) is 14.3 Å². The first-order valence-corrected chi connectivity index (χ1v) is 11.0. The van der Waals surface area contributed by atoms with Gasteiger partial charge in [-0.3, -0.25) is 0 Å². The molecule has 0 N–H and O–H groups in total. The van der Waals surface area contributed by atoms with Crippen molar-refractivity contribution in [3.05, 3.63) is 36.5 Å². The molecule has 2 aliphatic rings. The molecule has 3 heterocycles. The minimum atomic E-state index is -3.59. The van der Waals surface area contributed by atoms with Gasteiger partial charge in [-0.05, 0) is 31.0 Å². The second-order valence-corrected chi connectivity index (χ2v) is 8.86. The molecule has 0 radical (unpaired) electrons. The van der Waals surface area contributed by atoms with Crippen LogP contribution in [0.25, 0.3) is 0 Å². The SMILES string of the molecule is COc1ccccc1S(=O)(=O)N1CCN(c2ccnc(N3CCCC3)n2)CC1. The Morgan fingerprint density at radius 3 is 2.36 bits per heavy atom. The van der Waals surface area contributed by atoms with Crippen molar-refractivity contribution in [1.29, 1.82) is 0 Å². The number of para-hydroxylation sites is 1. The molecule has 0 bridgehead atoms. The number of nitrogens with zero attached hydrogens (tertiary/aromatic N) is 5. The minimum Gasteiger partial charge on any atom is -0.495 e. The topological polar surface area (TPSA) is 78.9 Å². The summed E-state index contributed by atoms with van der Waals surface area (Å²) in [6.45, 7) is 3.98.